The Bertz CT molecular complexity index is 579. The minimum atomic E-state index is -0.935. The summed E-state index contributed by atoms with van der Waals surface area (Å²) in [6.45, 7) is 7.35. The summed E-state index contributed by atoms with van der Waals surface area (Å²) in [6.07, 6.45) is 0.0191. The van der Waals surface area contributed by atoms with Gasteiger partial charge in [0.2, 0.25) is 5.91 Å². The molecule has 1 heterocycles. The fourth-order valence-electron chi connectivity index (χ4n) is 2.03. The number of aryl methyl sites for hydroxylation is 1. The summed E-state index contributed by atoms with van der Waals surface area (Å²) in [5.41, 5.74) is 1.17. The van der Waals surface area contributed by atoms with E-state index < -0.39 is 11.9 Å². The van der Waals surface area contributed by atoms with Crippen LogP contribution in [0.3, 0.4) is 0 Å². The molecule has 22 heavy (non-hydrogen) atoms. The van der Waals surface area contributed by atoms with Crippen molar-refractivity contribution >= 4 is 34.2 Å². The van der Waals surface area contributed by atoms with Crippen molar-refractivity contribution in [2.24, 2.45) is 5.92 Å². The summed E-state index contributed by atoms with van der Waals surface area (Å²) in [7, 11) is 0. The van der Waals surface area contributed by atoms with Crippen molar-refractivity contribution in [2.45, 2.75) is 40.5 Å². The number of anilines is 1. The van der Waals surface area contributed by atoms with Gasteiger partial charge in [-0.3, -0.25) is 9.59 Å². The third-order valence-corrected chi connectivity index (χ3v) is 4.30. The molecule has 2 N–H and O–H groups in total. The zero-order chi connectivity index (χ0) is 16.9. The molecule has 0 aliphatic rings. The lowest BCUT2D eigenvalue weighted by molar-refractivity contribution is -0.138. The van der Waals surface area contributed by atoms with Crippen LogP contribution in [0.25, 0.3) is 0 Å². The minimum absolute atomic E-state index is 0.0688. The van der Waals surface area contributed by atoms with E-state index in [0.717, 1.165) is 10.4 Å². The molecular formula is C15H21NO5S. The second-order valence-electron chi connectivity index (χ2n) is 5.16. The maximum absolute atomic E-state index is 12.0. The van der Waals surface area contributed by atoms with E-state index >= 15 is 0 Å². The van der Waals surface area contributed by atoms with Crippen LogP contribution in [0.5, 0.6) is 0 Å². The number of ether oxygens (including phenoxy) is 1. The highest BCUT2D eigenvalue weighted by atomic mass is 32.1. The monoisotopic (exact) mass is 327 g/mol. The van der Waals surface area contributed by atoms with Gasteiger partial charge in [0.15, 0.2) is 0 Å². The number of aliphatic carboxylic acids is 1. The number of esters is 1. The van der Waals surface area contributed by atoms with Crippen LogP contribution in [0.15, 0.2) is 0 Å². The van der Waals surface area contributed by atoms with Crippen molar-refractivity contribution in [1.29, 1.82) is 0 Å². The van der Waals surface area contributed by atoms with Crippen LogP contribution in [-0.4, -0.2) is 29.6 Å². The van der Waals surface area contributed by atoms with Crippen LogP contribution >= 0.6 is 11.3 Å². The second kappa shape index (κ2) is 7.93. The Labute approximate surface area is 133 Å². The largest absolute Gasteiger partial charge is 0.481 e. The number of hydrogen-bond acceptors (Lipinski definition) is 5. The molecular weight excluding hydrogens is 306 g/mol. The molecule has 6 nitrogen and oxygen atoms in total. The van der Waals surface area contributed by atoms with Gasteiger partial charge in [0.1, 0.15) is 5.00 Å². The van der Waals surface area contributed by atoms with E-state index in [-0.39, 0.29) is 31.3 Å². The second-order valence-corrected chi connectivity index (χ2v) is 6.39. The first-order valence-corrected chi connectivity index (χ1v) is 7.86. The molecule has 1 aromatic heterocycles. The van der Waals surface area contributed by atoms with Gasteiger partial charge < -0.3 is 15.2 Å². The Balaban J connectivity index is 2.85. The Morgan fingerprint density at radius 3 is 2.45 bits per heavy atom. The standard InChI is InChI=1S/C15H21NO5S/c1-5-21-15(20)13-9(3)10(4)22-14(13)16-11(17)6-8(2)7-12(18)19/h8H,5-7H2,1-4H3,(H,16,17)(H,18,19). The lowest BCUT2D eigenvalue weighted by Crippen LogP contribution is -2.18. The molecule has 1 aromatic rings. The molecule has 122 valence electrons. The molecule has 0 saturated heterocycles. The number of amides is 1. The molecule has 0 bridgehead atoms. The highest BCUT2D eigenvalue weighted by Gasteiger charge is 2.22. The molecule has 1 rings (SSSR count). The van der Waals surface area contributed by atoms with E-state index in [1.54, 1.807) is 20.8 Å². The van der Waals surface area contributed by atoms with Gasteiger partial charge in [-0.2, -0.15) is 0 Å². The van der Waals surface area contributed by atoms with Crippen LogP contribution in [0.1, 0.15) is 47.5 Å². The van der Waals surface area contributed by atoms with Crippen LogP contribution in [0.4, 0.5) is 5.00 Å². The summed E-state index contributed by atoms with van der Waals surface area (Å²) in [4.78, 5) is 35.6. The molecule has 0 aromatic carbocycles. The quantitative estimate of drug-likeness (QED) is 0.751. The third kappa shape index (κ3) is 4.84. The van der Waals surface area contributed by atoms with Gasteiger partial charge in [-0.05, 0) is 32.3 Å². The van der Waals surface area contributed by atoms with Gasteiger partial charge in [-0.1, -0.05) is 6.92 Å². The molecule has 1 atom stereocenters. The number of nitrogens with one attached hydrogen (secondary N) is 1. The Morgan fingerprint density at radius 2 is 1.91 bits per heavy atom. The van der Waals surface area contributed by atoms with Crippen LogP contribution < -0.4 is 5.32 Å². The lowest BCUT2D eigenvalue weighted by atomic mass is 10.0. The molecule has 0 fully saturated rings. The summed E-state index contributed by atoms with van der Waals surface area (Å²) in [5, 5.41) is 11.9. The number of rotatable bonds is 7. The van der Waals surface area contributed by atoms with Gasteiger partial charge in [0.25, 0.3) is 0 Å². The number of thiophene rings is 1. The maximum Gasteiger partial charge on any atom is 0.341 e. The molecule has 0 radical (unpaired) electrons. The Kier molecular flexibility index (Phi) is 6.55. The number of carboxylic acid groups (broad SMARTS) is 1. The molecule has 0 aliphatic carbocycles. The molecule has 7 heteroatoms. The molecule has 0 spiro atoms. The Morgan fingerprint density at radius 1 is 1.27 bits per heavy atom. The highest BCUT2D eigenvalue weighted by molar-refractivity contribution is 7.16. The molecule has 0 aliphatic heterocycles. The number of carbonyl (C=O) groups is 3. The fourth-order valence-corrected chi connectivity index (χ4v) is 3.09. The van der Waals surface area contributed by atoms with Gasteiger partial charge in [0, 0.05) is 17.7 Å². The van der Waals surface area contributed by atoms with Crippen molar-refractivity contribution in [2.75, 3.05) is 11.9 Å². The molecule has 0 saturated carbocycles. The van der Waals surface area contributed by atoms with Crippen molar-refractivity contribution in [3.8, 4) is 0 Å². The topological polar surface area (TPSA) is 92.7 Å². The van der Waals surface area contributed by atoms with E-state index in [9.17, 15) is 14.4 Å². The predicted octanol–water partition coefficient (Wildman–Crippen LogP) is 2.98. The number of carbonyl (C=O) groups excluding carboxylic acids is 2. The zero-order valence-electron chi connectivity index (χ0n) is 13.2. The third-order valence-electron chi connectivity index (χ3n) is 3.17. The fraction of sp³-hybridized carbons (Fsp3) is 0.533. The van der Waals surface area contributed by atoms with Gasteiger partial charge in [0.05, 0.1) is 12.2 Å². The highest BCUT2D eigenvalue weighted by Crippen LogP contribution is 2.33. The summed E-state index contributed by atoms with van der Waals surface area (Å²) in [5.74, 6) is -1.97. The van der Waals surface area contributed by atoms with E-state index in [1.807, 2.05) is 6.92 Å². The van der Waals surface area contributed by atoms with Gasteiger partial charge in [-0.25, -0.2) is 4.79 Å². The van der Waals surface area contributed by atoms with E-state index in [1.165, 1.54) is 11.3 Å². The first-order valence-electron chi connectivity index (χ1n) is 7.05. The Hall–Kier alpha value is -1.89. The average molecular weight is 327 g/mol. The van der Waals surface area contributed by atoms with E-state index in [2.05, 4.69) is 5.32 Å². The summed E-state index contributed by atoms with van der Waals surface area (Å²) >= 11 is 1.32. The van der Waals surface area contributed by atoms with Crippen LogP contribution in [0, 0.1) is 19.8 Å². The summed E-state index contributed by atoms with van der Waals surface area (Å²) < 4.78 is 5.02. The van der Waals surface area contributed by atoms with Crippen molar-refractivity contribution in [3.05, 3.63) is 16.0 Å². The predicted molar refractivity (Wildman–Crippen MR) is 84.4 cm³/mol. The van der Waals surface area contributed by atoms with Crippen LogP contribution in [0.2, 0.25) is 0 Å². The smallest absolute Gasteiger partial charge is 0.341 e. The minimum Gasteiger partial charge on any atom is -0.481 e. The normalized spacial score (nSPS) is 11.8. The van der Waals surface area contributed by atoms with Gasteiger partial charge >= 0.3 is 11.9 Å². The number of carboxylic acids is 1. The lowest BCUT2D eigenvalue weighted by Gasteiger charge is -2.10. The summed E-state index contributed by atoms with van der Waals surface area (Å²) in [6, 6.07) is 0. The van der Waals surface area contributed by atoms with Crippen molar-refractivity contribution in [1.82, 2.24) is 0 Å². The van der Waals surface area contributed by atoms with Crippen LogP contribution in [-0.2, 0) is 14.3 Å². The number of hydrogen-bond donors (Lipinski definition) is 2. The molecule has 1 amide bonds. The first kappa shape index (κ1) is 18.2. The van der Waals surface area contributed by atoms with Crippen molar-refractivity contribution in [3.63, 3.8) is 0 Å². The van der Waals surface area contributed by atoms with Gasteiger partial charge in [-0.15, -0.1) is 11.3 Å². The first-order chi connectivity index (χ1) is 10.3. The van der Waals surface area contributed by atoms with Crippen molar-refractivity contribution < 1.29 is 24.2 Å². The van der Waals surface area contributed by atoms with E-state index in [4.69, 9.17) is 9.84 Å². The maximum atomic E-state index is 12.0. The van der Waals surface area contributed by atoms with E-state index in [0.29, 0.717) is 10.6 Å². The molecule has 1 unspecified atom stereocenters. The zero-order valence-corrected chi connectivity index (χ0v) is 14.0. The average Bonchev–Trinajstić information content (AvgIpc) is 2.63. The SMILES string of the molecule is CCOC(=O)c1c(NC(=O)CC(C)CC(=O)O)sc(C)c1C.